The zero-order chi connectivity index (χ0) is 43.3. The van der Waals surface area contributed by atoms with Crippen molar-refractivity contribution >= 4 is 49.3 Å². The summed E-state index contributed by atoms with van der Waals surface area (Å²) in [5, 5.41) is 28.7. The number of rotatable bonds is 17. The molecular formula is C40H48N5O12S2+. The van der Waals surface area contributed by atoms with Crippen LogP contribution in [0, 0.1) is 0 Å². The van der Waals surface area contributed by atoms with Crippen LogP contribution in [0.25, 0.3) is 0 Å². The molecule has 2 aliphatic heterocycles. The predicted molar refractivity (Wildman–Crippen MR) is 217 cm³/mol. The highest BCUT2D eigenvalue weighted by Gasteiger charge is 2.43. The number of nitrogens with one attached hydrogen (secondary N) is 1. The van der Waals surface area contributed by atoms with Crippen LogP contribution in [0.2, 0.25) is 0 Å². The average Bonchev–Trinajstić information content (AvgIpc) is 3.69. The van der Waals surface area contributed by atoms with Gasteiger partial charge in [0.05, 0.1) is 33.7 Å². The summed E-state index contributed by atoms with van der Waals surface area (Å²) < 4.78 is 67.9. The van der Waals surface area contributed by atoms with E-state index >= 15 is 0 Å². The number of aromatic hydroxyl groups is 2. The number of hydrogen-bond donors (Lipinski definition) is 6. The first-order chi connectivity index (χ1) is 27.6. The van der Waals surface area contributed by atoms with Gasteiger partial charge in [-0.3, -0.25) is 19.1 Å². The molecule has 0 saturated carbocycles. The second kappa shape index (κ2) is 17.7. The van der Waals surface area contributed by atoms with Gasteiger partial charge >= 0.3 is 11.8 Å². The van der Waals surface area contributed by atoms with Gasteiger partial charge in [0.15, 0.2) is 5.71 Å². The summed E-state index contributed by atoms with van der Waals surface area (Å²) in [6, 6.07) is 8.50. The molecule has 3 aromatic rings. The summed E-state index contributed by atoms with van der Waals surface area (Å²) in [6.07, 6.45) is 16.2. The Hall–Kier alpha value is -5.60. The van der Waals surface area contributed by atoms with E-state index in [-0.39, 0.29) is 29.8 Å². The molecule has 1 amide bonds. The Morgan fingerprint density at radius 1 is 0.864 bits per heavy atom. The summed E-state index contributed by atoms with van der Waals surface area (Å²) in [4.78, 5) is 36.3. The van der Waals surface area contributed by atoms with Crippen molar-refractivity contribution in [2.24, 2.45) is 4.99 Å². The number of allylic oxidation sites excluding steroid dienone is 8. The molecule has 2 aliphatic rings. The van der Waals surface area contributed by atoms with Crippen LogP contribution < -0.4 is 19.8 Å². The third-order valence-electron chi connectivity index (χ3n) is 10.2. The second-order valence-electron chi connectivity index (χ2n) is 15.1. The number of anilines is 1. The number of benzene rings is 1. The lowest BCUT2D eigenvalue weighted by molar-refractivity contribution is -0.684. The van der Waals surface area contributed by atoms with Crippen molar-refractivity contribution in [1.29, 1.82) is 0 Å². The van der Waals surface area contributed by atoms with Crippen LogP contribution in [0.4, 0.5) is 11.5 Å². The molecule has 0 radical (unpaired) electrons. The fraction of sp³-hybridized carbons (Fsp3) is 0.350. The van der Waals surface area contributed by atoms with Crippen LogP contribution in [0.3, 0.4) is 0 Å². The Bertz CT molecular complexity index is 2480. The minimum Gasteiger partial charge on any atom is -0.492 e. The van der Waals surface area contributed by atoms with Gasteiger partial charge in [0.1, 0.15) is 6.20 Å². The predicted octanol–water partition coefficient (Wildman–Crippen LogP) is 4.76. The lowest BCUT2D eigenvalue weighted by Gasteiger charge is -2.27. The highest BCUT2D eigenvalue weighted by molar-refractivity contribution is 7.86. The first kappa shape index (κ1) is 44.5. The van der Waals surface area contributed by atoms with Crippen LogP contribution in [-0.2, 0) is 42.4 Å². The molecule has 6 N–H and O–H groups in total. The van der Waals surface area contributed by atoms with Crippen molar-refractivity contribution in [2.45, 2.75) is 82.1 Å². The Kier molecular flexibility index (Phi) is 13.4. The average molecular weight is 855 g/mol. The number of unbranched alkanes of at least 4 members (excludes halogenated alkanes) is 2. The Labute approximate surface area is 342 Å². The normalized spacial score (nSPS) is 16.6. The van der Waals surface area contributed by atoms with E-state index in [1.54, 1.807) is 34.3 Å². The number of pyridine rings is 1. The van der Waals surface area contributed by atoms with Crippen molar-refractivity contribution in [3.8, 4) is 11.8 Å². The van der Waals surface area contributed by atoms with Gasteiger partial charge in [-0.15, -0.1) is 4.73 Å². The molecular weight excluding hydrogens is 807 g/mol. The molecule has 0 unspecified atom stereocenters. The number of hydroxylamine groups is 1. The molecule has 19 heteroatoms. The molecule has 4 heterocycles. The quantitative estimate of drug-likeness (QED) is 0.0268. The molecule has 0 bridgehead atoms. The number of carbonyl (C=O) groups is 2. The number of amides is 1. The lowest BCUT2D eigenvalue weighted by atomic mass is 9.81. The largest absolute Gasteiger partial charge is 0.492 e. The molecule has 0 aliphatic carbocycles. The van der Waals surface area contributed by atoms with Crippen LogP contribution >= 0.6 is 0 Å². The first-order valence-corrected chi connectivity index (χ1v) is 21.7. The summed E-state index contributed by atoms with van der Waals surface area (Å²) >= 11 is 0. The fourth-order valence-electron chi connectivity index (χ4n) is 7.04. The van der Waals surface area contributed by atoms with E-state index in [1.165, 1.54) is 30.5 Å². The maximum Gasteiger partial charge on any atom is 0.333 e. The number of carbonyl (C=O) groups excluding carboxylic acids is 2. The van der Waals surface area contributed by atoms with E-state index in [1.807, 2.05) is 58.1 Å². The Balaban J connectivity index is 1.29. The van der Waals surface area contributed by atoms with Gasteiger partial charge in [-0.1, -0.05) is 50.6 Å². The standard InChI is InChI=1S/C40H47N5O12S2/c1-39(2)30-24-27(38(49)42-50)26-43(21-13-23-58(51,52)53)37(30)41-32(39)14-9-6-5-7-10-15-33-40(3,4)29-25-28(59(54,55)56)17-18-31(29)44(33)22-12-8-11-16-36(48)57-45-34(46)19-20-35(45)47/h5-7,9-10,14-15,17-20,24-26H,8,11-13,16,21-23H2,1-4H3,(H5-,42,46,47,49,50,51,52,53,54,55,56)/p+1. The third-order valence-corrected chi connectivity index (χ3v) is 11.8. The summed E-state index contributed by atoms with van der Waals surface area (Å²) in [5.74, 6) is -2.15. The highest BCUT2D eigenvalue weighted by Crippen LogP contribution is 2.48. The van der Waals surface area contributed by atoms with Gasteiger partial charge in [0.25, 0.3) is 26.1 Å². The monoisotopic (exact) mass is 854 g/mol. The van der Waals surface area contributed by atoms with Gasteiger partial charge in [0, 0.05) is 48.3 Å². The molecule has 0 spiro atoms. The van der Waals surface area contributed by atoms with E-state index in [0.717, 1.165) is 11.4 Å². The Morgan fingerprint density at radius 3 is 2.20 bits per heavy atom. The van der Waals surface area contributed by atoms with E-state index < -0.39 is 60.5 Å². The fourth-order valence-corrected chi connectivity index (χ4v) is 8.04. The van der Waals surface area contributed by atoms with Crippen molar-refractivity contribution in [2.75, 3.05) is 17.2 Å². The van der Waals surface area contributed by atoms with E-state index in [0.29, 0.717) is 53.2 Å². The van der Waals surface area contributed by atoms with Gasteiger partial charge < -0.3 is 20.0 Å². The van der Waals surface area contributed by atoms with E-state index in [4.69, 9.17) is 9.83 Å². The maximum atomic E-state index is 12.3. The third kappa shape index (κ3) is 10.4. The van der Waals surface area contributed by atoms with Crippen LogP contribution in [0.5, 0.6) is 11.8 Å². The van der Waals surface area contributed by atoms with Crippen molar-refractivity contribution < 1.29 is 60.4 Å². The number of fused-ring (bicyclic) bond motifs is 2. The minimum absolute atomic E-state index is 0.0464. The van der Waals surface area contributed by atoms with Crippen molar-refractivity contribution in [3.63, 3.8) is 0 Å². The first-order valence-electron chi connectivity index (χ1n) is 18.6. The number of hydrogen-bond acceptors (Lipinski definition) is 12. The van der Waals surface area contributed by atoms with Gasteiger partial charge in [-0.25, -0.2) is 14.8 Å². The molecule has 0 fully saturated rings. The van der Waals surface area contributed by atoms with E-state index in [2.05, 4.69) is 4.90 Å². The van der Waals surface area contributed by atoms with E-state index in [9.17, 15) is 51.0 Å². The lowest BCUT2D eigenvalue weighted by Crippen LogP contribution is -2.38. The number of aryl methyl sites for hydroxylation is 1. The van der Waals surface area contributed by atoms with Crippen LogP contribution in [0.1, 0.15) is 81.3 Å². The molecule has 17 nitrogen and oxygen atoms in total. The molecule has 0 atom stereocenters. The zero-order valence-corrected chi connectivity index (χ0v) is 34.6. The summed E-state index contributed by atoms with van der Waals surface area (Å²) in [5.41, 5.74) is 4.16. The second-order valence-corrected chi connectivity index (χ2v) is 18.1. The van der Waals surface area contributed by atoms with Gasteiger partial charge in [-0.2, -0.15) is 16.8 Å². The number of nitrogens with zero attached hydrogens (tertiary/aromatic N) is 4. The SMILES string of the molecule is CC1(C)C(=CC=CC=CC=CC2=Nc3c(cc(C(=O)NO)c[n+]3CCCS(=O)(=O)O)C2(C)C)N(CCCCCC(=O)On2c(O)ccc2O)c2ccc(S(=O)(=O)O)cc21. The highest BCUT2D eigenvalue weighted by atomic mass is 32.2. The summed E-state index contributed by atoms with van der Waals surface area (Å²) in [7, 11) is -8.65. The molecule has 316 valence electrons. The molecule has 0 saturated heterocycles. The topological polar surface area (TPSA) is 249 Å². The van der Waals surface area contributed by atoms with Crippen molar-refractivity contribution in [3.05, 3.63) is 108 Å². The zero-order valence-electron chi connectivity index (χ0n) is 32.9. The summed E-state index contributed by atoms with van der Waals surface area (Å²) in [6.45, 7) is 8.42. The maximum absolute atomic E-state index is 12.3. The molecule has 59 heavy (non-hydrogen) atoms. The van der Waals surface area contributed by atoms with Gasteiger partial charge in [-0.05, 0) is 73.7 Å². The minimum atomic E-state index is -4.45. The molecule has 2 aromatic heterocycles. The molecule has 5 rings (SSSR count). The van der Waals surface area contributed by atoms with Gasteiger partial charge in [0.2, 0.25) is 11.8 Å². The Morgan fingerprint density at radius 2 is 1.54 bits per heavy atom. The number of aromatic nitrogens is 2. The molecule has 1 aromatic carbocycles. The van der Waals surface area contributed by atoms with Crippen LogP contribution in [0.15, 0.2) is 101 Å². The van der Waals surface area contributed by atoms with Crippen LogP contribution in [-0.4, -0.2) is 76.0 Å². The number of aliphatic imine (C=N–C) groups is 1. The van der Waals surface area contributed by atoms with Crippen molar-refractivity contribution in [1.82, 2.24) is 10.2 Å². The smallest absolute Gasteiger partial charge is 0.333 e.